The van der Waals surface area contributed by atoms with Gasteiger partial charge in [-0.05, 0) is 28.8 Å². The van der Waals surface area contributed by atoms with Gasteiger partial charge in [0.05, 0.1) is 5.69 Å². The minimum Gasteiger partial charge on any atom is -0.489 e. The van der Waals surface area contributed by atoms with Gasteiger partial charge in [0.1, 0.15) is 25.0 Å². The molecule has 0 unspecified atom stereocenters. The highest BCUT2D eigenvalue weighted by Gasteiger charge is 2.28. The van der Waals surface area contributed by atoms with Crippen LogP contribution in [0.2, 0.25) is 0 Å². The molecule has 3 N–H and O–H groups in total. The molecular formula is C29H29N5O4. The lowest BCUT2D eigenvalue weighted by Gasteiger charge is -2.19. The molecule has 1 aliphatic rings. The van der Waals surface area contributed by atoms with E-state index in [1.54, 1.807) is 28.9 Å². The number of hydrogen-bond acceptors (Lipinski definition) is 6. The molecule has 194 valence electrons. The first-order valence-corrected chi connectivity index (χ1v) is 12.4. The van der Waals surface area contributed by atoms with Crippen LogP contribution in [-0.4, -0.2) is 21.8 Å². The number of hydrogen-bond donors (Lipinski definition) is 3. The lowest BCUT2D eigenvalue weighted by molar-refractivity contribution is -0.118. The topological polar surface area (TPSA) is 107 Å². The zero-order valence-corrected chi connectivity index (χ0v) is 21.0. The Morgan fingerprint density at radius 3 is 2.26 bits per heavy atom. The average Bonchev–Trinajstić information content (AvgIpc) is 3.55. The number of fused-ring (bicyclic) bond motifs is 1. The molecule has 1 aromatic heterocycles. The zero-order chi connectivity index (χ0) is 26.3. The Balaban J connectivity index is 1.30. The number of nitrogens with zero attached hydrogens (tertiary/aromatic N) is 2. The van der Waals surface area contributed by atoms with E-state index in [9.17, 15) is 9.59 Å². The van der Waals surface area contributed by atoms with Gasteiger partial charge in [0.2, 0.25) is 0 Å². The Bertz CT molecular complexity index is 1390. The standard InChI is InChI=1S/C29H29N5O4/c1-34-25-17-30-16-24(25)27(33-34)32-28(35)26(31-29(36)38-19-21-10-6-3-7-11-21)22-12-14-23(15-13-22)37-18-20-8-4-2-5-9-20/h2-15,26,30H,16-19H2,1H3,(H,31,36)(H,32,33,35)/t26-/m0/s1. The second-order valence-corrected chi connectivity index (χ2v) is 8.97. The van der Waals surface area contributed by atoms with Crippen molar-refractivity contribution in [2.45, 2.75) is 32.3 Å². The summed E-state index contributed by atoms with van der Waals surface area (Å²) in [5.41, 5.74) is 4.44. The van der Waals surface area contributed by atoms with Crippen LogP contribution in [0.1, 0.15) is 34.0 Å². The van der Waals surface area contributed by atoms with E-state index < -0.39 is 18.0 Å². The molecule has 0 radical (unpaired) electrons. The smallest absolute Gasteiger partial charge is 0.408 e. The fourth-order valence-corrected chi connectivity index (χ4v) is 4.29. The quantitative estimate of drug-likeness (QED) is 0.311. The third-order valence-corrected chi connectivity index (χ3v) is 6.31. The molecule has 2 heterocycles. The highest BCUT2D eigenvalue weighted by atomic mass is 16.5. The molecule has 0 bridgehead atoms. The van der Waals surface area contributed by atoms with Gasteiger partial charge in [-0.15, -0.1) is 0 Å². The van der Waals surface area contributed by atoms with Crippen LogP contribution < -0.4 is 20.7 Å². The van der Waals surface area contributed by atoms with Gasteiger partial charge < -0.3 is 25.4 Å². The SMILES string of the molecule is Cn1nc(NC(=O)[C@@H](NC(=O)OCc2ccccc2)c2ccc(OCc3ccccc3)cc2)c2c1CNC2. The summed E-state index contributed by atoms with van der Waals surface area (Å²) in [7, 11) is 1.84. The number of aryl methyl sites for hydroxylation is 1. The number of benzene rings is 3. The minimum atomic E-state index is -1.01. The molecule has 5 rings (SSSR count). The number of carbonyl (C=O) groups is 2. The molecule has 1 atom stereocenters. The van der Waals surface area contributed by atoms with E-state index in [0.29, 0.717) is 36.8 Å². The van der Waals surface area contributed by atoms with Gasteiger partial charge in [-0.1, -0.05) is 72.8 Å². The Hall–Kier alpha value is -4.63. The van der Waals surface area contributed by atoms with Gasteiger partial charge in [0, 0.05) is 25.7 Å². The summed E-state index contributed by atoms with van der Waals surface area (Å²) >= 11 is 0. The molecule has 2 amide bonds. The van der Waals surface area contributed by atoms with Crippen molar-refractivity contribution in [2.75, 3.05) is 5.32 Å². The van der Waals surface area contributed by atoms with Crippen molar-refractivity contribution in [1.29, 1.82) is 0 Å². The number of amides is 2. The first-order valence-electron chi connectivity index (χ1n) is 12.4. The van der Waals surface area contributed by atoms with E-state index in [4.69, 9.17) is 9.47 Å². The second kappa shape index (κ2) is 11.6. The van der Waals surface area contributed by atoms with Crippen LogP contribution in [0, 0.1) is 0 Å². The molecule has 0 fully saturated rings. The van der Waals surface area contributed by atoms with Crippen LogP contribution in [0.5, 0.6) is 5.75 Å². The third kappa shape index (κ3) is 6.01. The van der Waals surface area contributed by atoms with Gasteiger partial charge >= 0.3 is 6.09 Å². The maximum absolute atomic E-state index is 13.4. The Morgan fingerprint density at radius 1 is 0.921 bits per heavy atom. The maximum atomic E-state index is 13.4. The molecule has 3 aromatic carbocycles. The molecule has 1 aliphatic heterocycles. The highest BCUT2D eigenvalue weighted by Crippen LogP contribution is 2.25. The van der Waals surface area contributed by atoms with Gasteiger partial charge in [0.15, 0.2) is 5.82 Å². The Morgan fingerprint density at radius 2 is 1.58 bits per heavy atom. The molecule has 9 nitrogen and oxygen atoms in total. The normalized spacial score (nSPS) is 12.9. The lowest BCUT2D eigenvalue weighted by atomic mass is 10.1. The summed E-state index contributed by atoms with van der Waals surface area (Å²) in [5, 5.41) is 13.3. The van der Waals surface area contributed by atoms with Crippen LogP contribution in [0.4, 0.5) is 10.6 Å². The largest absolute Gasteiger partial charge is 0.489 e. The van der Waals surface area contributed by atoms with E-state index in [1.807, 2.05) is 67.7 Å². The van der Waals surface area contributed by atoms with Gasteiger partial charge in [-0.2, -0.15) is 5.10 Å². The van der Waals surface area contributed by atoms with Crippen molar-refractivity contribution in [1.82, 2.24) is 20.4 Å². The summed E-state index contributed by atoms with van der Waals surface area (Å²) < 4.78 is 13.0. The van der Waals surface area contributed by atoms with Crippen molar-refractivity contribution in [3.63, 3.8) is 0 Å². The van der Waals surface area contributed by atoms with Crippen molar-refractivity contribution in [3.8, 4) is 5.75 Å². The second-order valence-electron chi connectivity index (χ2n) is 8.97. The van der Waals surface area contributed by atoms with E-state index in [0.717, 1.165) is 22.4 Å². The molecule has 4 aromatic rings. The zero-order valence-electron chi connectivity index (χ0n) is 21.0. The Kier molecular flexibility index (Phi) is 7.65. The van der Waals surface area contributed by atoms with Crippen LogP contribution in [0.15, 0.2) is 84.9 Å². The molecule has 38 heavy (non-hydrogen) atoms. The number of anilines is 1. The van der Waals surface area contributed by atoms with E-state index >= 15 is 0 Å². The fraction of sp³-hybridized carbons (Fsp3) is 0.207. The van der Waals surface area contributed by atoms with Crippen LogP contribution >= 0.6 is 0 Å². The van der Waals surface area contributed by atoms with Gasteiger partial charge in [0.25, 0.3) is 5.91 Å². The third-order valence-electron chi connectivity index (χ3n) is 6.31. The number of aromatic nitrogens is 2. The first kappa shape index (κ1) is 25.0. The maximum Gasteiger partial charge on any atom is 0.408 e. The lowest BCUT2D eigenvalue weighted by Crippen LogP contribution is -2.37. The van der Waals surface area contributed by atoms with Gasteiger partial charge in [-0.3, -0.25) is 9.48 Å². The predicted octanol–water partition coefficient (Wildman–Crippen LogP) is 4.21. The molecular weight excluding hydrogens is 482 g/mol. The summed E-state index contributed by atoms with van der Waals surface area (Å²) in [6, 6.07) is 25.3. The molecule has 0 saturated carbocycles. The van der Waals surface area contributed by atoms with Crippen LogP contribution in [0.25, 0.3) is 0 Å². The van der Waals surface area contributed by atoms with Crippen molar-refractivity contribution < 1.29 is 19.1 Å². The van der Waals surface area contributed by atoms with Crippen molar-refractivity contribution in [3.05, 3.63) is 113 Å². The number of nitrogens with one attached hydrogen (secondary N) is 3. The van der Waals surface area contributed by atoms with Crippen molar-refractivity contribution >= 4 is 17.8 Å². The predicted molar refractivity (Wildman–Crippen MR) is 142 cm³/mol. The number of rotatable bonds is 9. The summed E-state index contributed by atoms with van der Waals surface area (Å²) in [5.74, 6) is 0.703. The number of carbonyl (C=O) groups excluding carboxylic acids is 2. The summed E-state index contributed by atoms with van der Waals surface area (Å²) in [4.78, 5) is 26.2. The molecule has 0 saturated heterocycles. The van der Waals surface area contributed by atoms with Gasteiger partial charge in [-0.25, -0.2) is 4.79 Å². The Labute approximate surface area is 220 Å². The fourth-order valence-electron chi connectivity index (χ4n) is 4.29. The van der Waals surface area contributed by atoms with Crippen LogP contribution in [0.3, 0.4) is 0 Å². The van der Waals surface area contributed by atoms with E-state index in [2.05, 4.69) is 21.0 Å². The average molecular weight is 512 g/mol. The van der Waals surface area contributed by atoms with E-state index in [-0.39, 0.29) is 6.61 Å². The van der Waals surface area contributed by atoms with Crippen molar-refractivity contribution in [2.24, 2.45) is 7.05 Å². The summed E-state index contributed by atoms with van der Waals surface area (Å²) in [6.45, 7) is 1.82. The summed E-state index contributed by atoms with van der Waals surface area (Å²) in [6.07, 6.45) is -0.702. The van der Waals surface area contributed by atoms with Crippen LogP contribution in [-0.2, 0) is 42.9 Å². The monoisotopic (exact) mass is 511 g/mol. The molecule has 9 heteroatoms. The van der Waals surface area contributed by atoms with E-state index in [1.165, 1.54) is 0 Å². The number of ether oxygens (including phenoxy) is 2. The first-order chi connectivity index (χ1) is 18.6. The number of alkyl carbamates (subject to hydrolysis) is 1. The molecule has 0 aliphatic carbocycles. The highest BCUT2D eigenvalue weighted by molar-refractivity contribution is 5.97. The molecule has 0 spiro atoms. The minimum absolute atomic E-state index is 0.0900.